The van der Waals surface area contributed by atoms with Gasteiger partial charge in [-0.2, -0.15) is 0 Å². The lowest BCUT2D eigenvalue weighted by molar-refractivity contribution is 0.0948. The highest BCUT2D eigenvalue weighted by Gasteiger charge is 2.13. The molecule has 2 heterocycles. The van der Waals surface area contributed by atoms with Crippen LogP contribution < -0.4 is 14.8 Å². The molecule has 6 heteroatoms. The molecule has 4 rings (SSSR count). The van der Waals surface area contributed by atoms with Crippen LogP contribution in [-0.4, -0.2) is 36.1 Å². The minimum atomic E-state index is -0.165. The van der Waals surface area contributed by atoms with Crippen LogP contribution in [0.2, 0.25) is 0 Å². The number of fused-ring (bicyclic) bond motifs is 1. The van der Waals surface area contributed by atoms with Crippen molar-refractivity contribution in [3.8, 4) is 22.8 Å². The molecule has 0 atom stereocenters. The lowest BCUT2D eigenvalue weighted by Gasteiger charge is -2.11. The van der Waals surface area contributed by atoms with Gasteiger partial charge in [0.25, 0.3) is 5.91 Å². The van der Waals surface area contributed by atoms with Gasteiger partial charge in [-0.1, -0.05) is 18.2 Å². The van der Waals surface area contributed by atoms with E-state index in [2.05, 4.69) is 10.3 Å². The van der Waals surface area contributed by atoms with Crippen molar-refractivity contribution in [1.82, 2.24) is 15.3 Å². The Balaban J connectivity index is 1.48. The molecule has 0 fully saturated rings. The fourth-order valence-corrected chi connectivity index (χ4v) is 3.13. The highest BCUT2D eigenvalue weighted by Crippen LogP contribution is 2.24. The van der Waals surface area contributed by atoms with Gasteiger partial charge in [0.1, 0.15) is 18.1 Å². The molecule has 30 heavy (non-hydrogen) atoms. The Morgan fingerprint density at radius 2 is 1.70 bits per heavy atom. The standard InChI is InChI=1S/C24H21N3O3/c1-29-18-6-8-19(9-7-18)30-15-14-26-24(28)21-16-23(17-10-12-25-13-11-17)27-22-5-3-2-4-20(21)22/h2-13,16H,14-15H2,1H3,(H,26,28). The Labute approximate surface area is 174 Å². The Morgan fingerprint density at radius 3 is 2.47 bits per heavy atom. The number of nitrogens with zero attached hydrogens (tertiary/aromatic N) is 2. The van der Waals surface area contributed by atoms with Gasteiger partial charge < -0.3 is 14.8 Å². The van der Waals surface area contributed by atoms with Crippen molar-refractivity contribution >= 4 is 16.8 Å². The Bertz CT molecular complexity index is 1150. The van der Waals surface area contributed by atoms with E-state index in [1.807, 2.05) is 66.7 Å². The zero-order chi connectivity index (χ0) is 20.8. The molecule has 2 aromatic heterocycles. The van der Waals surface area contributed by atoms with E-state index in [1.165, 1.54) is 0 Å². The normalized spacial score (nSPS) is 10.6. The number of amides is 1. The van der Waals surface area contributed by atoms with E-state index in [-0.39, 0.29) is 5.91 Å². The summed E-state index contributed by atoms with van der Waals surface area (Å²) in [5.41, 5.74) is 2.99. The van der Waals surface area contributed by atoms with Gasteiger partial charge >= 0.3 is 0 Å². The number of hydrogen-bond donors (Lipinski definition) is 1. The van der Waals surface area contributed by atoms with Crippen molar-refractivity contribution < 1.29 is 14.3 Å². The molecule has 0 saturated carbocycles. The van der Waals surface area contributed by atoms with Gasteiger partial charge in [0.05, 0.1) is 30.4 Å². The first-order chi connectivity index (χ1) is 14.7. The summed E-state index contributed by atoms with van der Waals surface area (Å²) in [6.07, 6.45) is 3.42. The van der Waals surface area contributed by atoms with Crippen LogP contribution in [0.3, 0.4) is 0 Å². The minimum absolute atomic E-state index is 0.165. The van der Waals surface area contributed by atoms with Crippen molar-refractivity contribution in [3.05, 3.63) is 84.7 Å². The van der Waals surface area contributed by atoms with Crippen LogP contribution in [0.4, 0.5) is 0 Å². The summed E-state index contributed by atoms with van der Waals surface area (Å²) in [6.45, 7) is 0.740. The van der Waals surface area contributed by atoms with Crippen LogP contribution in [-0.2, 0) is 0 Å². The summed E-state index contributed by atoms with van der Waals surface area (Å²) in [5, 5.41) is 3.74. The first kappa shape index (κ1) is 19.4. The third-order valence-corrected chi connectivity index (χ3v) is 4.65. The van der Waals surface area contributed by atoms with Gasteiger partial charge in [-0.25, -0.2) is 4.98 Å². The van der Waals surface area contributed by atoms with Crippen molar-refractivity contribution in [2.45, 2.75) is 0 Å². The molecule has 0 radical (unpaired) electrons. The minimum Gasteiger partial charge on any atom is -0.497 e. The maximum atomic E-state index is 12.9. The number of nitrogens with one attached hydrogen (secondary N) is 1. The van der Waals surface area contributed by atoms with E-state index in [1.54, 1.807) is 19.5 Å². The fourth-order valence-electron chi connectivity index (χ4n) is 3.13. The van der Waals surface area contributed by atoms with E-state index >= 15 is 0 Å². The molecular formula is C24H21N3O3. The van der Waals surface area contributed by atoms with Crippen LogP contribution in [0.25, 0.3) is 22.2 Å². The predicted octanol–water partition coefficient (Wildman–Crippen LogP) is 4.11. The molecule has 0 spiro atoms. The smallest absolute Gasteiger partial charge is 0.252 e. The highest BCUT2D eigenvalue weighted by molar-refractivity contribution is 6.07. The number of carbonyl (C=O) groups is 1. The van der Waals surface area contributed by atoms with Crippen LogP contribution in [0.1, 0.15) is 10.4 Å². The summed E-state index contributed by atoms with van der Waals surface area (Å²) in [5.74, 6) is 1.33. The van der Waals surface area contributed by atoms with Gasteiger partial charge in [0, 0.05) is 23.3 Å². The quantitative estimate of drug-likeness (QED) is 0.474. The average Bonchev–Trinajstić information content (AvgIpc) is 2.82. The number of benzene rings is 2. The van der Waals surface area contributed by atoms with Crippen LogP contribution in [0.5, 0.6) is 11.5 Å². The first-order valence-electron chi connectivity index (χ1n) is 9.60. The van der Waals surface area contributed by atoms with E-state index in [4.69, 9.17) is 14.5 Å². The molecule has 0 aliphatic rings. The van der Waals surface area contributed by atoms with Crippen LogP contribution in [0.15, 0.2) is 79.1 Å². The summed E-state index contributed by atoms with van der Waals surface area (Å²) in [6, 6.07) is 20.5. The molecule has 6 nitrogen and oxygen atoms in total. The number of para-hydroxylation sites is 1. The van der Waals surface area contributed by atoms with Crippen LogP contribution in [0, 0.1) is 0 Å². The molecule has 0 bridgehead atoms. The van der Waals surface area contributed by atoms with E-state index in [0.717, 1.165) is 33.7 Å². The zero-order valence-electron chi connectivity index (χ0n) is 16.5. The van der Waals surface area contributed by atoms with Crippen molar-refractivity contribution in [2.24, 2.45) is 0 Å². The molecule has 1 N–H and O–H groups in total. The number of pyridine rings is 2. The van der Waals surface area contributed by atoms with Crippen LogP contribution >= 0.6 is 0 Å². The van der Waals surface area contributed by atoms with E-state index in [9.17, 15) is 4.79 Å². The number of carbonyl (C=O) groups excluding carboxylic acids is 1. The number of methoxy groups -OCH3 is 1. The van der Waals surface area contributed by atoms with Crippen molar-refractivity contribution in [1.29, 1.82) is 0 Å². The fraction of sp³-hybridized carbons (Fsp3) is 0.125. The molecule has 0 saturated heterocycles. The molecular weight excluding hydrogens is 378 g/mol. The number of hydrogen-bond acceptors (Lipinski definition) is 5. The number of aromatic nitrogens is 2. The summed E-state index contributed by atoms with van der Waals surface area (Å²) in [4.78, 5) is 21.7. The second-order valence-electron chi connectivity index (χ2n) is 6.59. The van der Waals surface area contributed by atoms with Crippen molar-refractivity contribution in [3.63, 3.8) is 0 Å². The summed E-state index contributed by atoms with van der Waals surface area (Å²) in [7, 11) is 1.62. The highest BCUT2D eigenvalue weighted by atomic mass is 16.5. The van der Waals surface area contributed by atoms with Gasteiger partial charge in [0.15, 0.2) is 0 Å². The zero-order valence-corrected chi connectivity index (χ0v) is 16.5. The van der Waals surface area contributed by atoms with Crippen molar-refractivity contribution in [2.75, 3.05) is 20.3 Å². The average molecular weight is 399 g/mol. The number of rotatable bonds is 7. The second-order valence-corrected chi connectivity index (χ2v) is 6.59. The molecule has 0 aliphatic heterocycles. The molecule has 0 aliphatic carbocycles. The maximum absolute atomic E-state index is 12.9. The van der Waals surface area contributed by atoms with Gasteiger partial charge in [-0.3, -0.25) is 9.78 Å². The lowest BCUT2D eigenvalue weighted by Crippen LogP contribution is -2.28. The largest absolute Gasteiger partial charge is 0.497 e. The topological polar surface area (TPSA) is 73.3 Å². The summed E-state index contributed by atoms with van der Waals surface area (Å²) < 4.78 is 10.8. The van der Waals surface area contributed by atoms with E-state index in [0.29, 0.717) is 18.7 Å². The molecule has 4 aromatic rings. The molecule has 2 aromatic carbocycles. The first-order valence-corrected chi connectivity index (χ1v) is 9.60. The Morgan fingerprint density at radius 1 is 0.967 bits per heavy atom. The van der Waals surface area contributed by atoms with Gasteiger partial charge in [-0.15, -0.1) is 0 Å². The molecule has 0 unspecified atom stereocenters. The van der Waals surface area contributed by atoms with Gasteiger partial charge in [-0.05, 0) is 48.5 Å². The monoisotopic (exact) mass is 399 g/mol. The van der Waals surface area contributed by atoms with E-state index < -0.39 is 0 Å². The summed E-state index contributed by atoms with van der Waals surface area (Å²) >= 11 is 0. The third kappa shape index (κ3) is 4.38. The predicted molar refractivity (Wildman–Crippen MR) is 116 cm³/mol. The SMILES string of the molecule is COc1ccc(OCCNC(=O)c2cc(-c3ccncc3)nc3ccccc23)cc1. The number of ether oxygens (including phenoxy) is 2. The molecule has 150 valence electrons. The second kappa shape index (κ2) is 9.05. The third-order valence-electron chi connectivity index (χ3n) is 4.65. The van der Waals surface area contributed by atoms with Gasteiger partial charge in [0.2, 0.25) is 0 Å². The Kier molecular flexibility index (Phi) is 5.85. The molecule has 1 amide bonds. The lowest BCUT2D eigenvalue weighted by atomic mass is 10.0. The maximum Gasteiger partial charge on any atom is 0.252 e. The Hall–Kier alpha value is -3.93.